The number of carbonyl (C=O) groups excluding carboxylic acids is 1. The smallest absolute Gasteiger partial charge is 0.255 e. The molecule has 4 heterocycles. The van der Waals surface area contributed by atoms with E-state index in [-0.39, 0.29) is 17.5 Å². The average Bonchev–Trinajstić information content (AvgIpc) is 3.29. The molecule has 1 N–H and O–H groups in total. The summed E-state index contributed by atoms with van der Waals surface area (Å²) in [5.41, 5.74) is 1.61. The van der Waals surface area contributed by atoms with Gasteiger partial charge in [-0.2, -0.15) is 0 Å². The molecule has 2 aromatic heterocycles. The van der Waals surface area contributed by atoms with Gasteiger partial charge in [0.05, 0.1) is 23.9 Å². The Morgan fingerprint density at radius 3 is 3.03 bits per heavy atom. The lowest BCUT2D eigenvalue weighted by Gasteiger charge is -2.47. The Hall–Kier alpha value is -2.25. The fourth-order valence-corrected chi connectivity index (χ4v) is 5.00. The van der Waals surface area contributed by atoms with Crippen LogP contribution in [0.3, 0.4) is 0 Å². The SMILES string of the molecule is CCc1occc1C(=O)NC1CCN(C)C12CCCN(Cc1nccc(C)n1)C2. The second-order valence-electron chi connectivity index (χ2n) is 8.38. The van der Waals surface area contributed by atoms with Crippen LogP contribution in [0.2, 0.25) is 0 Å². The summed E-state index contributed by atoms with van der Waals surface area (Å²) in [6.07, 6.45) is 7.32. The van der Waals surface area contributed by atoms with Crippen molar-refractivity contribution in [1.29, 1.82) is 0 Å². The Balaban J connectivity index is 1.50. The molecular formula is C22H31N5O2. The number of nitrogens with zero attached hydrogens (tertiary/aromatic N) is 4. The summed E-state index contributed by atoms with van der Waals surface area (Å²) >= 11 is 0. The normalized spacial score (nSPS) is 25.6. The molecule has 0 radical (unpaired) electrons. The first-order valence-electron chi connectivity index (χ1n) is 10.6. The van der Waals surface area contributed by atoms with E-state index in [0.717, 1.165) is 69.1 Å². The second kappa shape index (κ2) is 8.24. The molecule has 0 aliphatic carbocycles. The zero-order valence-corrected chi connectivity index (χ0v) is 17.6. The van der Waals surface area contributed by atoms with Crippen LogP contribution in [0.1, 0.15) is 53.8 Å². The van der Waals surface area contributed by atoms with Crippen molar-refractivity contribution in [2.24, 2.45) is 0 Å². The zero-order valence-electron chi connectivity index (χ0n) is 17.6. The van der Waals surface area contributed by atoms with E-state index in [0.29, 0.717) is 5.56 Å². The van der Waals surface area contributed by atoms with Gasteiger partial charge in [0.2, 0.25) is 0 Å². The predicted molar refractivity (Wildman–Crippen MR) is 111 cm³/mol. The van der Waals surface area contributed by atoms with Gasteiger partial charge in [-0.1, -0.05) is 6.92 Å². The molecule has 2 fully saturated rings. The van der Waals surface area contributed by atoms with Gasteiger partial charge >= 0.3 is 0 Å². The van der Waals surface area contributed by atoms with Crippen LogP contribution in [0, 0.1) is 6.92 Å². The highest BCUT2D eigenvalue weighted by Crippen LogP contribution is 2.37. The highest BCUT2D eigenvalue weighted by molar-refractivity contribution is 5.95. The van der Waals surface area contributed by atoms with Crippen molar-refractivity contribution in [1.82, 2.24) is 25.1 Å². The summed E-state index contributed by atoms with van der Waals surface area (Å²) in [5, 5.41) is 3.34. The molecule has 29 heavy (non-hydrogen) atoms. The van der Waals surface area contributed by atoms with Crippen molar-refractivity contribution in [3.8, 4) is 0 Å². The number of likely N-dealkylation sites (tertiary alicyclic amines) is 2. The fourth-order valence-electron chi connectivity index (χ4n) is 5.00. The van der Waals surface area contributed by atoms with Gasteiger partial charge in [0.15, 0.2) is 0 Å². The highest BCUT2D eigenvalue weighted by atomic mass is 16.3. The third kappa shape index (κ3) is 3.94. The standard InChI is InChI=1S/C22H31N5O2/c1-4-18-17(8-13-29-18)21(28)25-19-7-12-26(3)22(19)9-5-11-27(15-22)14-20-23-10-6-16(2)24-20/h6,8,10,13,19H,4-5,7,9,11-12,14-15H2,1-3H3,(H,25,28). The van der Waals surface area contributed by atoms with E-state index in [1.54, 1.807) is 12.3 Å². The third-order valence-electron chi connectivity index (χ3n) is 6.57. The fraction of sp³-hybridized carbons (Fsp3) is 0.591. The number of piperidine rings is 1. The van der Waals surface area contributed by atoms with Crippen LogP contribution in [0.5, 0.6) is 0 Å². The maximum Gasteiger partial charge on any atom is 0.255 e. The first-order chi connectivity index (χ1) is 14.0. The monoisotopic (exact) mass is 397 g/mol. The van der Waals surface area contributed by atoms with E-state index in [4.69, 9.17) is 4.42 Å². The molecule has 2 aliphatic rings. The van der Waals surface area contributed by atoms with Crippen molar-refractivity contribution >= 4 is 5.91 Å². The van der Waals surface area contributed by atoms with Crippen LogP contribution in [0.15, 0.2) is 29.0 Å². The Morgan fingerprint density at radius 2 is 2.24 bits per heavy atom. The van der Waals surface area contributed by atoms with Crippen molar-refractivity contribution in [3.63, 3.8) is 0 Å². The predicted octanol–water partition coefficient (Wildman–Crippen LogP) is 2.41. The number of aromatic nitrogens is 2. The Labute approximate surface area is 172 Å². The Morgan fingerprint density at radius 1 is 1.38 bits per heavy atom. The molecule has 0 saturated carbocycles. The minimum Gasteiger partial charge on any atom is -0.469 e. The average molecular weight is 398 g/mol. The number of nitrogens with one attached hydrogen (secondary N) is 1. The molecule has 7 nitrogen and oxygen atoms in total. The molecule has 0 aromatic carbocycles. The number of likely N-dealkylation sites (N-methyl/N-ethyl adjacent to an activating group) is 1. The number of furan rings is 1. The van der Waals surface area contributed by atoms with Gasteiger partial charge < -0.3 is 9.73 Å². The van der Waals surface area contributed by atoms with E-state index >= 15 is 0 Å². The molecule has 2 unspecified atom stereocenters. The molecular weight excluding hydrogens is 366 g/mol. The summed E-state index contributed by atoms with van der Waals surface area (Å²) < 4.78 is 5.46. The lowest BCUT2D eigenvalue weighted by Crippen LogP contribution is -2.63. The second-order valence-corrected chi connectivity index (χ2v) is 8.38. The molecule has 2 aromatic rings. The summed E-state index contributed by atoms with van der Waals surface area (Å²) in [5.74, 6) is 1.61. The Kier molecular flexibility index (Phi) is 5.69. The summed E-state index contributed by atoms with van der Waals surface area (Å²) in [4.78, 5) is 26.9. The third-order valence-corrected chi connectivity index (χ3v) is 6.57. The molecule has 1 spiro atoms. The number of hydrogen-bond acceptors (Lipinski definition) is 6. The van der Waals surface area contributed by atoms with E-state index in [1.165, 1.54) is 0 Å². The first-order valence-corrected chi connectivity index (χ1v) is 10.6. The highest BCUT2D eigenvalue weighted by Gasteiger charge is 2.49. The van der Waals surface area contributed by atoms with E-state index in [1.807, 2.05) is 26.1 Å². The van der Waals surface area contributed by atoms with Crippen LogP contribution in [0.4, 0.5) is 0 Å². The number of rotatable bonds is 5. The van der Waals surface area contributed by atoms with Crippen molar-refractivity contribution in [2.45, 2.75) is 57.7 Å². The van der Waals surface area contributed by atoms with Gasteiger partial charge in [-0.25, -0.2) is 9.97 Å². The number of hydrogen-bond donors (Lipinski definition) is 1. The molecule has 1 amide bonds. The zero-order chi connectivity index (χ0) is 20.4. The van der Waals surface area contributed by atoms with Gasteiger partial charge in [-0.3, -0.25) is 14.6 Å². The van der Waals surface area contributed by atoms with Crippen LogP contribution in [-0.4, -0.2) is 63.9 Å². The molecule has 2 saturated heterocycles. The van der Waals surface area contributed by atoms with Crippen LogP contribution in [-0.2, 0) is 13.0 Å². The Bertz CT molecular complexity index is 866. The first kappa shape index (κ1) is 20.0. The minimum absolute atomic E-state index is 0.0191. The van der Waals surface area contributed by atoms with E-state index < -0.39 is 0 Å². The number of carbonyl (C=O) groups is 1. The lowest BCUT2D eigenvalue weighted by molar-refractivity contribution is 0.0343. The van der Waals surface area contributed by atoms with Crippen molar-refractivity contribution in [2.75, 3.05) is 26.7 Å². The maximum atomic E-state index is 13.0. The van der Waals surface area contributed by atoms with Crippen molar-refractivity contribution in [3.05, 3.63) is 47.4 Å². The van der Waals surface area contributed by atoms with Crippen molar-refractivity contribution < 1.29 is 9.21 Å². The van der Waals surface area contributed by atoms with Gasteiger partial charge in [0.25, 0.3) is 5.91 Å². The maximum absolute atomic E-state index is 13.0. The molecule has 156 valence electrons. The summed E-state index contributed by atoms with van der Waals surface area (Å²) in [6.45, 7) is 7.70. The number of aryl methyl sites for hydroxylation is 2. The molecule has 7 heteroatoms. The topological polar surface area (TPSA) is 74.5 Å². The van der Waals surface area contributed by atoms with Gasteiger partial charge in [0, 0.05) is 37.4 Å². The van der Waals surface area contributed by atoms with Gasteiger partial charge in [0.1, 0.15) is 11.6 Å². The van der Waals surface area contributed by atoms with Crippen LogP contribution < -0.4 is 5.32 Å². The number of amides is 1. The summed E-state index contributed by atoms with van der Waals surface area (Å²) in [6, 6.07) is 3.83. The minimum atomic E-state index is -0.0478. The van der Waals surface area contributed by atoms with E-state index in [9.17, 15) is 4.79 Å². The van der Waals surface area contributed by atoms with Gasteiger partial charge in [-0.05, 0) is 51.9 Å². The lowest BCUT2D eigenvalue weighted by atomic mass is 9.82. The van der Waals surface area contributed by atoms with E-state index in [2.05, 4.69) is 32.1 Å². The molecule has 2 aliphatic heterocycles. The molecule has 4 rings (SSSR count). The van der Waals surface area contributed by atoms with Crippen LogP contribution >= 0.6 is 0 Å². The molecule has 0 bridgehead atoms. The molecule has 2 atom stereocenters. The summed E-state index contributed by atoms with van der Waals surface area (Å²) in [7, 11) is 2.19. The van der Waals surface area contributed by atoms with Gasteiger partial charge in [-0.15, -0.1) is 0 Å². The van der Waals surface area contributed by atoms with Crippen LogP contribution in [0.25, 0.3) is 0 Å². The quantitative estimate of drug-likeness (QED) is 0.835. The largest absolute Gasteiger partial charge is 0.469 e.